The zero-order chi connectivity index (χ0) is 17.1. The number of imidazole rings is 1. The Hall–Kier alpha value is -2.96. The first-order valence-corrected chi connectivity index (χ1v) is 8.40. The van der Waals surface area contributed by atoms with Crippen molar-refractivity contribution >= 4 is 16.9 Å². The van der Waals surface area contributed by atoms with E-state index in [4.69, 9.17) is 4.74 Å². The molecular weight excluding hydrogens is 318 g/mol. The number of ether oxygens (including phenoxy) is 1. The van der Waals surface area contributed by atoms with Gasteiger partial charge in [-0.05, 0) is 25.0 Å². The van der Waals surface area contributed by atoms with Crippen molar-refractivity contribution in [2.24, 2.45) is 0 Å². The molecule has 1 aromatic carbocycles. The Labute approximate surface area is 145 Å². The van der Waals surface area contributed by atoms with Crippen LogP contribution < -0.4 is 4.74 Å². The minimum Gasteiger partial charge on any atom is -0.471 e. The van der Waals surface area contributed by atoms with E-state index in [0.29, 0.717) is 19.0 Å². The highest BCUT2D eigenvalue weighted by molar-refractivity contribution is 5.80. The highest BCUT2D eigenvalue weighted by Gasteiger charge is 2.25. The molecule has 0 aliphatic carbocycles. The van der Waals surface area contributed by atoms with Gasteiger partial charge >= 0.3 is 0 Å². The lowest BCUT2D eigenvalue weighted by atomic mass is 10.1. The third kappa shape index (κ3) is 3.45. The molecule has 2 aromatic heterocycles. The number of hydrogen-bond donors (Lipinski definition) is 0. The van der Waals surface area contributed by atoms with Crippen LogP contribution in [-0.4, -0.2) is 49.5 Å². The lowest BCUT2D eigenvalue weighted by Crippen LogP contribution is -2.45. The fourth-order valence-electron chi connectivity index (χ4n) is 3.16. The normalized spacial score (nSPS) is 17.6. The van der Waals surface area contributed by atoms with Gasteiger partial charge in [-0.25, -0.2) is 9.97 Å². The molecule has 1 aliphatic rings. The van der Waals surface area contributed by atoms with Crippen LogP contribution >= 0.6 is 0 Å². The predicted molar refractivity (Wildman–Crippen MR) is 92.0 cm³/mol. The smallest absolute Gasteiger partial charge is 0.242 e. The number of carbonyl (C=O) groups excluding carboxylic acids is 1. The topological polar surface area (TPSA) is 73.1 Å². The van der Waals surface area contributed by atoms with Crippen LogP contribution in [0.5, 0.6) is 5.88 Å². The van der Waals surface area contributed by atoms with Crippen molar-refractivity contribution in [1.82, 2.24) is 24.4 Å². The van der Waals surface area contributed by atoms with Crippen LogP contribution in [-0.2, 0) is 11.3 Å². The van der Waals surface area contributed by atoms with Crippen LogP contribution in [0.2, 0.25) is 0 Å². The van der Waals surface area contributed by atoms with Gasteiger partial charge in [0.05, 0.1) is 30.1 Å². The summed E-state index contributed by atoms with van der Waals surface area (Å²) >= 11 is 0. The van der Waals surface area contributed by atoms with Crippen LogP contribution in [0.25, 0.3) is 11.0 Å². The fraction of sp³-hybridized carbons (Fsp3) is 0.333. The second kappa shape index (κ2) is 6.88. The third-order valence-electron chi connectivity index (χ3n) is 4.39. The third-order valence-corrected chi connectivity index (χ3v) is 4.39. The number of para-hydroxylation sites is 2. The van der Waals surface area contributed by atoms with Crippen LogP contribution in [0.4, 0.5) is 0 Å². The van der Waals surface area contributed by atoms with E-state index in [1.165, 1.54) is 0 Å². The molecule has 3 heterocycles. The molecule has 0 radical (unpaired) electrons. The van der Waals surface area contributed by atoms with Gasteiger partial charge < -0.3 is 14.2 Å². The number of hydrogen-bond acceptors (Lipinski definition) is 5. The Morgan fingerprint density at radius 1 is 1.24 bits per heavy atom. The van der Waals surface area contributed by atoms with Gasteiger partial charge in [0.15, 0.2) is 0 Å². The van der Waals surface area contributed by atoms with E-state index in [9.17, 15) is 4.79 Å². The van der Waals surface area contributed by atoms with Gasteiger partial charge in [-0.15, -0.1) is 0 Å². The summed E-state index contributed by atoms with van der Waals surface area (Å²) in [5.74, 6) is 0.581. The number of aromatic nitrogens is 4. The van der Waals surface area contributed by atoms with Crippen molar-refractivity contribution in [3.05, 3.63) is 49.2 Å². The summed E-state index contributed by atoms with van der Waals surface area (Å²) in [6.45, 7) is 1.62. The summed E-state index contributed by atoms with van der Waals surface area (Å²) in [5, 5.41) is 0. The first-order chi connectivity index (χ1) is 12.3. The second-order valence-corrected chi connectivity index (χ2v) is 6.13. The number of piperidine rings is 1. The SMILES string of the molecule is O=C(Cn1cnc2ccccc21)N1CCC[C@H](Oc2cnccn2)C1. The summed E-state index contributed by atoms with van der Waals surface area (Å²) in [6, 6.07) is 7.82. The Bertz CT molecular complexity index is 864. The molecule has 0 N–H and O–H groups in total. The molecule has 0 spiro atoms. The Balaban J connectivity index is 1.41. The Morgan fingerprint density at radius 3 is 3.04 bits per heavy atom. The molecule has 3 aromatic rings. The van der Waals surface area contributed by atoms with E-state index in [1.54, 1.807) is 24.9 Å². The largest absolute Gasteiger partial charge is 0.471 e. The maximum Gasteiger partial charge on any atom is 0.242 e. The first-order valence-electron chi connectivity index (χ1n) is 8.40. The number of fused-ring (bicyclic) bond motifs is 1. The van der Waals surface area contributed by atoms with E-state index in [1.807, 2.05) is 33.7 Å². The fourth-order valence-corrected chi connectivity index (χ4v) is 3.16. The minimum atomic E-state index is -0.0473. The molecule has 1 aliphatic heterocycles. The average Bonchev–Trinajstić information content (AvgIpc) is 3.06. The highest BCUT2D eigenvalue weighted by Crippen LogP contribution is 2.17. The maximum absolute atomic E-state index is 12.7. The number of benzene rings is 1. The molecule has 25 heavy (non-hydrogen) atoms. The zero-order valence-electron chi connectivity index (χ0n) is 13.8. The van der Waals surface area contributed by atoms with Crippen LogP contribution in [0, 0.1) is 0 Å². The number of nitrogens with zero attached hydrogens (tertiary/aromatic N) is 5. The molecule has 0 bridgehead atoms. The van der Waals surface area contributed by atoms with E-state index in [-0.39, 0.29) is 12.0 Å². The molecule has 7 heteroatoms. The molecular formula is C18H19N5O2. The van der Waals surface area contributed by atoms with Crippen molar-refractivity contribution in [1.29, 1.82) is 0 Å². The van der Waals surface area contributed by atoms with Crippen LogP contribution in [0.1, 0.15) is 12.8 Å². The molecule has 0 saturated carbocycles. The quantitative estimate of drug-likeness (QED) is 0.727. The zero-order valence-corrected chi connectivity index (χ0v) is 13.8. The summed E-state index contributed by atoms with van der Waals surface area (Å²) < 4.78 is 7.75. The minimum absolute atomic E-state index is 0.0473. The number of carbonyl (C=O) groups is 1. The van der Waals surface area contributed by atoms with Crippen molar-refractivity contribution in [3.63, 3.8) is 0 Å². The Morgan fingerprint density at radius 2 is 2.16 bits per heavy atom. The number of likely N-dealkylation sites (tertiary alicyclic amines) is 1. The van der Waals surface area contributed by atoms with Crippen molar-refractivity contribution in [2.75, 3.05) is 13.1 Å². The number of amides is 1. The van der Waals surface area contributed by atoms with E-state index >= 15 is 0 Å². The molecule has 128 valence electrons. The standard InChI is InChI=1S/C18H19N5O2/c24-18(12-23-13-21-15-5-1-2-6-16(15)23)22-9-3-4-14(11-22)25-17-10-19-7-8-20-17/h1-2,5-8,10,13-14H,3-4,9,11-12H2/t14-/m0/s1. The van der Waals surface area contributed by atoms with Gasteiger partial charge in [0.25, 0.3) is 0 Å². The van der Waals surface area contributed by atoms with Crippen molar-refractivity contribution < 1.29 is 9.53 Å². The van der Waals surface area contributed by atoms with Gasteiger partial charge in [0.2, 0.25) is 11.8 Å². The molecule has 1 fully saturated rings. The van der Waals surface area contributed by atoms with Gasteiger partial charge in [-0.1, -0.05) is 12.1 Å². The molecule has 4 rings (SSSR count). The molecule has 7 nitrogen and oxygen atoms in total. The predicted octanol–water partition coefficient (Wildman–Crippen LogP) is 1.90. The van der Waals surface area contributed by atoms with Gasteiger partial charge in [0, 0.05) is 18.9 Å². The maximum atomic E-state index is 12.7. The summed E-state index contributed by atoms with van der Waals surface area (Å²) in [5.41, 5.74) is 1.87. The van der Waals surface area contributed by atoms with Gasteiger partial charge in [-0.3, -0.25) is 9.78 Å². The van der Waals surface area contributed by atoms with E-state index in [2.05, 4.69) is 15.0 Å². The highest BCUT2D eigenvalue weighted by atomic mass is 16.5. The van der Waals surface area contributed by atoms with E-state index < -0.39 is 0 Å². The lowest BCUT2D eigenvalue weighted by molar-refractivity contribution is -0.134. The van der Waals surface area contributed by atoms with E-state index in [0.717, 1.165) is 30.4 Å². The molecule has 1 atom stereocenters. The molecule has 1 saturated heterocycles. The van der Waals surface area contributed by atoms with Gasteiger partial charge in [0.1, 0.15) is 12.6 Å². The summed E-state index contributed by atoms with van der Waals surface area (Å²) in [7, 11) is 0. The van der Waals surface area contributed by atoms with Crippen molar-refractivity contribution in [2.45, 2.75) is 25.5 Å². The monoisotopic (exact) mass is 337 g/mol. The van der Waals surface area contributed by atoms with Crippen LogP contribution in [0.15, 0.2) is 49.2 Å². The average molecular weight is 337 g/mol. The first kappa shape index (κ1) is 15.6. The second-order valence-electron chi connectivity index (χ2n) is 6.13. The van der Waals surface area contributed by atoms with Crippen LogP contribution in [0.3, 0.4) is 0 Å². The van der Waals surface area contributed by atoms with Crippen molar-refractivity contribution in [3.8, 4) is 5.88 Å². The molecule has 0 unspecified atom stereocenters. The Kier molecular flexibility index (Phi) is 4.28. The number of rotatable bonds is 4. The molecule has 1 amide bonds. The summed E-state index contributed by atoms with van der Waals surface area (Å²) in [4.78, 5) is 27.0. The van der Waals surface area contributed by atoms with Gasteiger partial charge in [-0.2, -0.15) is 0 Å². The summed E-state index contributed by atoms with van der Waals surface area (Å²) in [6.07, 6.45) is 8.31. The lowest BCUT2D eigenvalue weighted by Gasteiger charge is -2.32.